The van der Waals surface area contributed by atoms with Crippen molar-refractivity contribution in [3.05, 3.63) is 24.3 Å². The van der Waals surface area contributed by atoms with Gasteiger partial charge in [-0.15, -0.1) is 0 Å². The zero-order chi connectivity index (χ0) is 20.8. The maximum absolute atomic E-state index is 14.0. The Labute approximate surface area is 175 Å². The summed E-state index contributed by atoms with van der Waals surface area (Å²) in [5.41, 5.74) is 1.02. The Morgan fingerprint density at radius 1 is 1.10 bits per heavy atom. The number of amides is 1. The number of ether oxygens (including phenoxy) is 4. The Morgan fingerprint density at radius 2 is 1.72 bits per heavy atom. The first-order valence-electron chi connectivity index (χ1n) is 11.1. The Morgan fingerprint density at radius 3 is 2.24 bits per heavy atom. The molecule has 0 aromatic heterocycles. The van der Waals surface area contributed by atoms with Crippen LogP contribution in [0.2, 0.25) is 0 Å². The molecule has 0 bridgehead atoms. The van der Waals surface area contributed by atoms with Crippen molar-refractivity contribution in [3.8, 4) is 0 Å². The van der Waals surface area contributed by atoms with E-state index in [0.29, 0.717) is 13.2 Å². The van der Waals surface area contributed by atoms with Crippen molar-refractivity contribution in [3.63, 3.8) is 0 Å². The summed E-state index contributed by atoms with van der Waals surface area (Å²) in [5.74, 6) is 0.0459. The molecule has 6 nitrogen and oxygen atoms in total. The highest BCUT2D eigenvalue weighted by Gasteiger charge is 2.56. The molecule has 3 rings (SSSR count). The molecular weight excluding hydrogens is 370 g/mol. The van der Waals surface area contributed by atoms with E-state index < -0.39 is 0 Å². The molecule has 3 fully saturated rings. The van der Waals surface area contributed by atoms with Crippen LogP contribution in [0.25, 0.3) is 0 Å². The van der Waals surface area contributed by atoms with Gasteiger partial charge in [0.1, 0.15) is 25.8 Å². The molecule has 0 N–H and O–H groups in total. The SMILES string of the molecule is C=C(C)[C@H](/C=C/C)[C@H](CCCCCC)C(=O)N1[C@H]2COCO[C@H]2[C@@H]2OCOC[C@@H]21. The minimum absolute atomic E-state index is 0.0301. The zero-order valence-electron chi connectivity index (χ0n) is 18.2. The molecule has 29 heavy (non-hydrogen) atoms. The molecule has 3 saturated heterocycles. The summed E-state index contributed by atoms with van der Waals surface area (Å²) in [6.45, 7) is 11.9. The van der Waals surface area contributed by atoms with Crippen molar-refractivity contribution in [2.45, 2.75) is 77.2 Å². The van der Waals surface area contributed by atoms with E-state index in [0.717, 1.165) is 24.8 Å². The highest BCUT2D eigenvalue weighted by molar-refractivity contribution is 5.81. The van der Waals surface area contributed by atoms with Crippen molar-refractivity contribution >= 4 is 5.91 Å². The number of unbranched alkanes of at least 4 members (excludes halogenated alkanes) is 3. The third kappa shape index (κ3) is 4.93. The number of hydrogen-bond donors (Lipinski definition) is 0. The molecule has 0 aromatic rings. The highest BCUT2D eigenvalue weighted by atomic mass is 16.7. The van der Waals surface area contributed by atoms with Crippen molar-refractivity contribution in [2.24, 2.45) is 11.8 Å². The topological polar surface area (TPSA) is 57.2 Å². The van der Waals surface area contributed by atoms with Crippen molar-refractivity contribution < 1.29 is 23.7 Å². The lowest BCUT2D eigenvalue weighted by atomic mass is 9.81. The maximum atomic E-state index is 14.0. The van der Waals surface area contributed by atoms with Gasteiger partial charge in [-0.25, -0.2) is 0 Å². The molecule has 0 radical (unpaired) electrons. The van der Waals surface area contributed by atoms with Crippen LogP contribution in [-0.2, 0) is 23.7 Å². The first-order valence-corrected chi connectivity index (χ1v) is 11.1. The summed E-state index contributed by atoms with van der Waals surface area (Å²) in [7, 11) is 0. The summed E-state index contributed by atoms with van der Waals surface area (Å²) >= 11 is 0. The molecule has 3 aliphatic heterocycles. The smallest absolute Gasteiger partial charge is 0.227 e. The van der Waals surface area contributed by atoms with Gasteiger partial charge in [0, 0.05) is 11.8 Å². The van der Waals surface area contributed by atoms with Gasteiger partial charge < -0.3 is 23.8 Å². The van der Waals surface area contributed by atoms with E-state index >= 15 is 0 Å². The number of hydrogen-bond acceptors (Lipinski definition) is 5. The fraction of sp³-hybridized carbons (Fsp3) is 0.783. The summed E-state index contributed by atoms with van der Waals surface area (Å²) in [4.78, 5) is 15.9. The third-order valence-electron chi connectivity index (χ3n) is 6.40. The van der Waals surface area contributed by atoms with Gasteiger partial charge in [-0.05, 0) is 20.3 Å². The molecule has 0 saturated carbocycles. The largest absolute Gasteiger partial charge is 0.353 e. The molecule has 0 spiro atoms. The Bertz CT molecular complexity index is 570. The van der Waals surface area contributed by atoms with Gasteiger partial charge in [-0.1, -0.05) is 56.9 Å². The van der Waals surface area contributed by atoms with Crippen molar-refractivity contribution in [2.75, 3.05) is 26.8 Å². The van der Waals surface area contributed by atoms with E-state index in [1.807, 2.05) is 24.8 Å². The number of carbonyl (C=O) groups excluding carboxylic acids is 1. The van der Waals surface area contributed by atoms with Crippen LogP contribution in [0.4, 0.5) is 0 Å². The van der Waals surface area contributed by atoms with E-state index in [4.69, 9.17) is 18.9 Å². The molecule has 0 aromatic carbocycles. The monoisotopic (exact) mass is 407 g/mol. The average molecular weight is 408 g/mol. The van der Waals surface area contributed by atoms with Crippen LogP contribution in [-0.4, -0.2) is 61.9 Å². The second-order valence-electron chi connectivity index (χ2n) is 8.47. The lowest BCUT2D eigenvalue weighted by Gasteiger charge is -2.37. The minimum Gasteiger partial charge on any atom is -0.353 e. The molecule has 164 valence electrons. The minimum atomic E-state index is -0.146. The van der Waals surface area contributed by atoms with E-state index in [1.54, 1.807) is 0 Å². The molecule has 1 amide bonds. The van der Waals surface area contributed by atoms with Crippen LogP contribution in [0.3, 0.4) is 0 Å². The highest BCUT2D eigenvalue weighted by Crippen LogP contribution is 2.38. The van der Waals surface area contributed by atoms with Crippen LogP contribution in [0.1, 0.15) is 52.9 Å². The number of fused-ring (bicyclic) bond motifs is 3. The van der Waals surface area contributed by atoms with Crippen molar-refractivity contribution in [1.29, 1.82) is 0 Å². The van der Waals surface area contributed by atoms with Gasteiger partial charge in [-0.3, -0.25) is 4.79 Å². The molecule has 3 aliphatic rings. The third-order valence-corrected chi connectivity index (χ3v) is 6.40. The molecule has 3 heterocycles. The molecule has 6 atom stereocenters. The molecular formula is C23H37NO5. The summed E-state index contributed by atoms with van der Waals surface area (Å²) < 4.78 is 22.9. The van der Waals surface area contributed by atoms with Crippen LogP contribution in [0, 0.1) is 11.8 Å². The standard InChI is InChI=1S/C23H37NO5/c1-5-7-8-9-11-18(17(10-6-2)16(3)4)23(25)24-19-12-26-14-28-21(19)22-20(24)13-27-15-29-22/h6,10,17-22H,3,5,7-9,11-15H2,1-2,4H3/b10-6+/t17-,18-,19-,20-,21+,22+/m0/s1. The van der Waals surface area contributed by atoms with Crippen LogP contribution in [0.15, 0.2) is 24.3 Å². The second-order valence-corrected chi connectivity index (χ2v) is 8.47. The second kappa shape index (κ2) is 10.7. The Balaban J connectivity index is 1.84. The average Bonchev–Trinajstić information content (AvgIpc) is 3.06. The first kappa shape index (κ1) is 22.5. The molecule has 0 unspecified atom stereocenters. The number of allylic oxidation sites excluding steroid dienone is 3. The van der Waals surface area contributed by atoms with Crippen LogP contribution in [0.5, 0.6) is 0 Å². The van der Waals surface area contributed by atoms with Crippen LogP contribution >= 0.6 is 0 Å². The van der Waals surface area contributed by atoms with E-state index in [9.17, 15) is 4.79 Å². The Kier molecular flexibility index (Phi) is 8.30. The number of carbonyl (C=O) groups is 1. The number of rotatable bonds is 9. The van der Waals surface area contributed by atoms with Crippen molar-refractivity contribution in [1.82, 2.24) is 4.90 Å². The van der Waals surface area contributed by atoms with Gasteiger partial charge in [-0.2, -0.15) is 0 Å². The predicted octanol–water partition coefficient (Wildman–Crippen LogP) is 3.67. The van der Waals surface area contributed by atoms with Gasteiger partial charge in [0.15, 0.2) is 0 Å². The van der Waals surface area contributed by atoms with Crippen LogP contribution < -0.4 is 0 Å². The van der Waals surface area contributed by atoms with Gasteiger partial charge in [0.25, 0.3) is 0 Å². The maximum Gasteiger partial charge on any atom is 0.227 e. The lowest BCUT2D eigenvalue weighted by molar-refractivity contribution is -0.208. The summed E-state index contributed by atoms with van der Waals surface area (Å²) in [6.07, 6.45) is 9.29. The fourth-order valence-electron chi connectivity index (χ4n) is 4.97. The zero-order valence-corrected chi connectivity index (χ0v) is 18.2. The summed E-state index contributed by atoms with van der Waals surface area (Å²) in [5, 5.41) is 0. The van der Waals surface area contributed by atoms with Gasteiger partial charge >= 0.3 is 0 Å². The quantitative estimate of drug-likeness (QED) is 0.431. The molecule has 0 aliphatic carbocycles. The fourth-order valence-corrected chi connectivity index (χ4v) is 4.97. The molecule has 6 heteroatoms. The Hall–Kier alpha value is -1.21. The number of likely N-dealkylation sites (tertiary alicyclic amines) is 1. The lowest BCUT2D eigenvalue weighted by Crippen LogP contribution is -2.52. The van der Waals surface area contributed by atoms with E-state index in [-0.39, 0.29) is 55.6 Å². The van der Waals surface area contributed by atoms with E-state index in [1.165, 1.54) is 12.8 Å². The summed E-state index contributed by atoms with van der Waals surface area (Å²) in [6, 6.07) is -0.245. The van der Waals surface area contributed by atoms with Gasteiger partial charge in [0.05, 0.1) is 25.3 Å². The normalized spacial score (nSPS) is 31.3. The van der Waals surface area contributed by atoms with Gasteiger partial charge in [0.2, 0.25) is 5.91 Å². The predicted molar refractivity (Wildman–Crippen MR) is 111 cm³/mol. The number of nitrogens with zero attached hydrogens (tertiary/aromatic N) is 1. The van der Waals surface area contributed by atoms with E-state index in [2.05, 4.69) is 19.6 Å². The first-order chi connectivity index (χ1) is 14.1.